The summed E-state index contributed by atoms with van der Waals surface area (Å²) in [6.07, 6.45) is 1.11. The Hall–Kier alpha value is -0.410. The Morgan fingerprint density at radius 3 is 2.40 bits per heavy atom. The van der Waals surface area contributed by atoms with Gasteiger partial charge in [0.25, 0.3) is 0 Å². The first-order valence-corrected chi connectivity index (χ1v) is 6.49. The molecule has 0 radical (unpaired) electrons. The van der Waals surface area contributed by atoms with Crippen LogP contribution in [0.25, 0.3) is 0 Å². The molecule has 0 aliphatic heterocycles. The summed E-state index contributed by atoms with van der Waals surface area (Å²) >= 11 is 1.87. The standard InChI is InChI=1S/C12H22N2S/c1-8(2)6-11-14-12(9(3)4)10(15-11)7-13-5/h8-9,13H,6-7H2,1-5H3. The number of thiazole rings is 1. The molecule has 1 heterocycles. The molecule has 0 fully saturated rings. The van der Waals surface area contributed by atoms with E-state index in [0.717, 1.165) is 13.0 Å². The van der Waals surface area contributed by atoms with Crippen LogP contribution in [0.4, 0.5) is 0 Å². The SMILES string of the molecule is CNCc1sc(CC(C)C)nc1C(C)C. The molecule has 3 heteroatoms. The molecule has 1 aromatic heterocycles. The van der Waals surface area contributed by atoms with Gasteiger partial charge in [-0.25, -0.2) is 4.98 Å². The van der Waals surface area contributed by atoms with Gasteiger partial charge < -0.3 is 5.32 Å². The highest BCUT2D eigenvalue weighted by Crippen LogP contribution is 2.26. The van der Waals surface area contributed by atoms with E-state index in [1.807, 2.05) is 18.4 Å². The van der Waals surface area contributed by atoms with Crippen molar-refractivity contribution in [3.8, 4) is 0 Å². The first-order valence-electron chi connectivity index (χ1n) is 5.67. The molecular weight excluding hydrogens is 204 g/mol. The molecule has 1 aromatic rings. The quantitative estimate of drug-likeness (QED) is 0.834. The summed E-state index contributed by atoms with van der Waals surface area (Å²) in [5.41, 5.74) is 1.28. The van der Waals surface area contributed by atoms with E-state index < -0.39 is 0 Å². The van der Waals surface area contributed by atoms with E-state index in [1.54, 1.807) is 0 Å². The molecule has 0 atom stereocenters. The van der Waals surface area contributed by atoms with Crippen LogP contribution in [0.1, 0.15) is 49.2 Å². The Morgan fingerprint density at radius 2 is 1.93 bits per heavy atom. The lowest BCUT2D eigenvalue weighted by molar-refractivity contribution is 0.640. The second-order valence-electron chi connectivity index (χ2n) is 4.70. The fourth-order valence-electron chi connectivity index (χ4n) is 1.59. The zero-order valence-electron chi connectivity index (χ0n) is 10.4. The van der Waals surface area contributed by atoms with Gasteiger partial charge in [-0.3, -0.25) is 0 Å². The van der Waals surface area contributed by atoms with Crippen LogP contribution in [0.15, 0.2) is 0 Å². The molecule has 0 amide bonds. The predicted molar refractivity (Wildman–Crippen MR) is 67.5 cm³/mol. The van der Waals surface area contributed by atoms with Gasteiger partial charge in [0.05, 0.1) is 10.7 Å². The maximum Gasteiger partial charge on any atom is 0.0934 e. The summed E-state index contributed by atoms with van der Waals surface area (Å²) < 4.78 is 0. The molecule has 0 bridgehead atoms. The number of aromatic nitrogens is 1. The van der Waals surface area contributed by atoms with Crippen LogP contribution in [0, 0.1) is 5.92 Å². The fraction of sp³-hybridized carbons (Fsp3) is 0.750. The molecule has 15 heavy (non-hydrogen) atoms. The van der Waals surface area contributed by atoms with Crippen molar-refractivity contribution in [1.82, 2.24) is 10.3 Å². The Labute approximate surface area is 97.1 Å². The maximum absolute atomic E-state index is 4.75. The molecule has 86 valence electrons. The third-order valence-electron chi connectivity index (χ3n) is 2.24. The smallest absolute Gasteiger partial charge is 0.0934 e. The van der Waals surface area contributed by atoms with Crippen LogP contribution < -0.4 is 5.32 Å². The summed E-state index contributed by atoms with van der Waals surface area (Å²) in [4.78, 5) is 6.15. The monoisotopic (exact) mass is 226 g/mol. The van der Waals surface area contributed by atoms with Crippen molar-refractivity contribution in [3.63, 3.8) is 0 Å². The zero-order valence-corrected chi connectivity index (χ0v) is 11.2. The number of rotatable bonds is 5. The predicted octanol–water partition coefficient (Wildman–Crippen LogP) is 3.18. The van der Waals surface area contributed by atoms with E-state index in [0.29, 0.717) is 11.8 Å². The second-order valence-corrected chi connectivity index (χ2v) is 5.87. The maximum atomic E-state index is 4.75. The van der Waals surface area contributed by atoms with Gasteiger partial charge >= 0.3 is 0 Å². The summed E-state index contributed by atoms with van der Waals surface area (Å²) in [5, 5.41) is 4.51. The lowest BCUT2D eigenvalue weighted by Gasteiger charge is -2.03. The number of nitrogens with one attached hydrogen (secondary N) is 1. The van der Waals surface area contributed by atoms with Crippen molar-refractivity contribution >= 4 is 11.3 Å². The van der Waals surface area contributed by atoms with E-state index >= 15 is 0 Å². The number of hydrogen-bond acceptors (Lipinski definition) is 3. The van der Waals surface area contributed by atoms with Gasteiger partial charge in [-0.15, -0.1) is 11.3 Å². The Morgan fingerprint density at radius 1 is 1.27 bits per heavy atom. The van der Waals surface area contributed by atoms with E-state index in [4.69, 9.17) is 4.98 Å². The highest BCUT2D eigenvalue weighted by atomic mass is 32.1. The largest absolute Gasteiger partial charge is 0.315 e. The van der Waals surface area contributed by atoms with E-state index in [-0.39, 0.29) is 0 Å². The average Bonchev–Trinajstić information content (AvgIpc) is 2.47. The van der Waals surface area contributed by atoms with Gasteiger partial charge in [-0.05, 0) is 18.9 Å². The molecule has 1 N–H and O–H groups in total. The van der Waals surface area contributed by atoms with E-state index in [9.17, 15) is 0 Å². The van der Waals surface area contributed by atoms with Gasteiger partial charge in [-0.2, -0.15) is 0 Å². The van der Waals surface area contributed by atoms with Crippen molar-refractivity contribution in [2.75, 3.05) is 7.05 Å². The van der Waals surface area contributed by atoms with Crippen LogP contribution in [-0.2, 0) is 13.0 Å². The molecule has 2 nitrogen and oxygen atoms in total. The highest BCUT2D eigenvalue weighted by molar-refractivity contribution is 7.11. The van der Waals surface area contributed by atoms with Crippen LogP contribution >= 0.6 is 11.3 Å². The van der Waals surface area contributed by atoms with Crippen LogP contribution in [0.5, 0.6) is 0 Å². The molecule has 0 spiro atoms. The van der Waals surface area contributed by atoms with Gasteiger partial charge in [0, 0.05) is 17.8 Å². The second kappa shape index (κ2) is 5.61. The van der Waals surface area contributed by atoms with Gasteiger partial charge in [-0.1, -0.05) is 27.7 Å². The van der Waals surface area contributed by atoms with Gasteiger partial charge in [0.2, 0.25) is 0 Å². The minimum Gasteiger partial charge on any atom is -0.315 e. The van der Waals surface area contributed by atoms with Crippen molar-refractivity contribution in [3.05, 3.63) is 15.6 Å². The molecule has 0 saturated carbocycles. The van der Waals surface area contributed by atoms with Crippen molar-refractivity contribution in [1.29, 1.82) is 0 Å². The first-order chi connectivity index (χ1) is 7.04. The summed E-state index contributed by atoms with van der Waals surface area (Å²) in [6, 6.07) is 0. The fourth-order valence-corrected chi connectivity index (χ4v) is 3.04. The van der Waals surface area contributed by atoms with Gasteiger partial charge in [0.15, 0.2) is 0 Å². The lowest BCUT2D eigenvalue weighted by atomic mass is 10.1. The van der Waals surface area contributed by atoms with Crippen LogP contribution in [0.3, 0.4) is 0 Å². The molecule has 0 aliphatic rings. The van der Waals surface area contributed by atoms with Crippen molar-refractivity contribution in [2.24, 2.45) is 5.92 Å². The molecule has 0 aliphatic carbocycles. The molecule has 1 rings (SSSR count). The summed E-state index contributed by atoms with van der Waals surface area (Å²) in [5.74, 6) is 1.23. The topological polar surface area (TPSA) is 24.9 Å². The summed E-state index contributed by atoms with van der Waals surface area (Å²) in [7, 11) is 1.99. The molecule has 0 unspecified atom stereocenters. The minimum atomic E-state index is 0.533. The minimum absolute atomic E-state index is 0.533. The lowest BCUT2D eigenvalue weighted by Crippen LogP contribution is -2.06. The Kier molecular flexibility index (Phi) is 4.74. The first kappa shape index (κ1) is 12.7. The molecular formula is C12H22N2S. The van der Waals surface area contributed by atoms with Crippen molar-refractivity contribution < 1.29 is 0 Å². The summed E-state index contributed by atoms with van der Waals surface area (Å²) in [6.45, 7) is 9.87. The Balaban J connectivity index is 2.88. The zero-order chi connectivity index (χ0) is 11.4. The van der Waals surface area contributed by atoms with Crippen LogP contribution in [-0.4, -0.2) is 12.0 Å². The third kappa shape index (κ3) is 3.58. The normalized spacial score (nSPS) is 11.7. The number of hydrogen-bond donors (Lipinski definition) is 1. The van der Waals surface area contributed by atoms with Crippen LogP contribution in [0.2, 0.25) is 0 Å². The Bertz CT molecular complexity index is 303. The average molecular weight is 226 g/mol. The third-order valence-corrected chi connectivity index (χ3v) is 3.33. The number of nitrogens with zero attached hydrogens (tertiary/aromatic N) is 1. The van der Waals surface area contributed by atoms with E-state index in [2.05, 4.69) is 33.0 Å². The highest BCUT2D eigenvalue weighted by Gasteiger charge is 2.13. The van der Waals surface area contributed by atoms with E-state index in [1.165, 1.54) is 15.6 Å². The molecule has 0 saturated heterocycles. The van der Waals surface area contributed by atoms with Crippen molar-refractivity contribution in [2.45, 2.75) is 46.6 Å². The molecule has 0 aromatic carbocycles. The van der Waals surface area contributed by atoms with Gasteiger partial charge in [0.1, 0.15) is 0 Å².